The number of carbonyl (C=O) groups excluding carboxylic acids is 1. The molecule has 0 radical (unpaired) electrons. The van der Waals surface area contributed by atoms with Gasteiger partial charge in [0.1, 0.15) is 13.2 Å². The Morgan fingerprint density at radius 1 is 0.941 bits per heavy atom. The topological polar surface area (TPSA) is 79.4 Å². The molecule has 2 aromatic rings. The van der Waals surface area contributed by atoms with Crippen LogP contribution in [0.2, 0.25) is 0 Å². The van der Waals surface area contributed by atoms with Crippen LogP contribution in [-0.2, 0) is 14.8 Å². The zero-order valence-electron chi connectivity index (χ0n) is 19.4. The Labute approximate surface area is 201 Å². The highest BCUT2D eigenvalue weighted by Crippen LogP contribution is 2.39. The Hall–Kier alpha value is -2.62. The Balaban J connectivity index is 1.24. The third-order valence-electron chi connectivity index (χ3n) is 7.03. The van der Waals surface area contributed by atoms with Crippen LogP contribution >= 0.6 is 0 Å². The predicted octanol–water partition coefficient (Wildman–Crippen LogP) is 2.52. The summed E-state index contributed by atoms with van der Waals surface area (Å²) in [4.78, 5) is 17.8. The minimum absolute atomic E-state index is 0.0567. The molecular weight excluding hydrogens is 454 g/mol. The molecule has 182 valence electrons. The summed E-state index contributed by atoms with van der Waals surface area (Å²) in [6.45, 7) is 5.34. The highest BCUT2D eigenvalue weighted by molar-refractivity contribution is 7.89. The van der Waals surface area contributed by atoms with Crippen molar-refractivity contribution in [3.63, 3.8) is 0 Å². The van der Waals surface area contributed by atoms with E-state index in [2.05, 4.69) is 11.0 Å². The van der Waals surface area contributed by atoms with Gasteiger partial charge in [0.15, 0.2) is 11.5 Å². The second-order valence-electron chi connectivity index (χ2n) is 9.02. The van der Waals surface area contributed by atoms with Crippen molar-refractivity contribution in [1.82, 2.24) is 14.1 Å². The summed E-state index contributed by atoms with van der Waals surface area (Å²) < 4.78 is 38.7. The molecule has 3 aliphatic heterocycles. The lowest BCUT2D eigenvalue weighted by molar-refractivity contribution is -0.138. The summed E-state index contributed by atoms with van der Waals surface area (Å²) in [5.74, 6) is 1.60. The van der Waals surface area contributed by atoms with Gasteiger partial charge in [-0.3, -0.25) is 9.69 Å². The van der Waals surface area contributed by atoms with Gasteiger partial charge in [-0.1, -0.05) is 24.3 Å². The molecule has 0 unspecified atom stereocenters. The van der Waals surface area contributed by atoms with Crippen molar-refractivity contribution in [2.45, 2.75) is 36.7 Å². The van der Waals surface area contributed by atoms with Crippen LogP contribution in [-0.4, -0.2) is 80.4 Å². The van der Waals surface area contributed by atoms with Crippen molar-refractivity contribution >= 4 is 15.9 Å². The summed E-state index contributed by atoms with van der Waals surface area (Å²) in [5.41, 5.74) is 1.14. The SMILES string of the molecule is C[C@H](C(=O)N1CCN(S(=O)(=O)c2ccccc2)CC1)N1CCC[C@H]1c1ccc2c(c1)OCCO2. The number of carbonyl (C=O) groups is 1. The van der Waals surface area contributed by atoms with Gasteiger partial charge in [-0.15, -0.1) is 0 Å². The molecule has 2 aromatic carbocycles. The third kappa shape index (κ3) is 4.39. The summed E-state index contributed by atoms with van der Waals surface area (Å²) in [6, 6.07) is 14.4. The predicted molar refractivity (Wildman–Crippen MR) is 127 cm³/mol. The first-order valence-electron chi connectivity index (χ1n) is 11.9. The molecule has 0 aliphatic carbocycles. The van der Waals surface area contributed by atoms with E-state index in [0.717, 1.165) is 36.4 Å². The molecule has 2 fully saturated rings. The second kappa shape index (κ2) is 9.56. The number of nitrogens with zero attached hydrogens (tertiary/aromatic N) is 3. The molecule has 8 nitrogen and oxygen atoms in total. The fourth-order valence-electron chi connectivity index (χ4n) is 5.17. The van der Waals surface area contributed by atoms with Crippen LogP contribution < -0.4 is 9.47 Å². The largest absolute Gasteiger partial charge is 0.486 e. The number of fused-ring (bicyclic) bond motifs is 1. The highest BCUT2D eigenvalue weighted by atomic mass is 32.2. The molecular formula is C25H31N3O5S. The summed E-state index contributed by atoms with van der Waals surface area (Å²) >= 11 is 0. The smallest absolute Gasteiger partial charge is 0.243 e. The van der Waals surface area contributed by atoms with Crippen molar-refractivity contribution < 1.29 is 22.7 Å². The minimum atomic E-state index is -3.54. The lowest BCUT2D eigenvalue weighted by atomic mass is 10.0. The summed E-state index contributed by atoms with van der Waals surface area (Å²) in [5, 5.41) is 0. The molecule has 5 rings (SSSR count). The molecule has 2 saturated heterocycles. The van der Waals surface area contributed by atoms with E-state index in [1.54, 1.807) is 35.2 Å². The molecule has 34 heavy (non-hydrogen) atoms. The molecule has 3 aliphatic rings. The Morgan fingerprint density at radius 3 is 2.38 bits per heavy atom. The van der Waals surface area contributed by atoms with Gasteiger partial charge in [-0.2, -0.15) is 4.31 Å². The normalized spacial score (nSPS) is 22.5. The van der Waals surface area contributed by atoms with Gasteiger partial charge in [0.25, 0.3) is 0 Å². The van der Waals surface area contributed by atoms with Crippen molar-refractivity contribution in [2.75, 3.05) is 45.9 Å². The van der Waals surface area contributed by atoms with Crippen molar-refractivity contribution in [1.29, 1.82) is 0 Å². The molecule has 0 saturated carbocycles. The van der Waals surface area contributed by atoms with Crippen LogP contribution in [0.25, 0.3) is 0 Å². The van der Waals surface area contributed by atoms with Gasteiger partial charge < -0.3 is 14.4 Å². The zero-order chi connectivity index (χ0) is 23.7. The Morgan fingerprint density at radius 2 is 1.65 bits per heavy atom. The number of piperazine rings is 1. The molecule has 9 heteroatoms. The van der Waals surface area contributed by atoms with Crippen LogP contribution in [0.15, 0.2) is 53.4 Å². The van der Waals surface area contributed by atoms with Crippen molar-refractivity contribution in [3.05, 3.63) is 54.1 Å². The Kier molecular flexibility index (Phi) is 6.50. The van der Waals surface area contributed by atoms with Gasteiger partial charge in [-0.25, -0.2) is 8.42 Å². The van der Waals surface area contributed by atoms with E-state index in [9.17, 15) is 13.2 Å². The van der Waals surface area contributed by atoms with Crippen LogP contribution in [0.5, 0.6) is 11.5 Å². The molecule has 0 aromatic heterocycles. The van der Waals surface area contributed by atoms with Crippen LogP contribution in [0, 0.1) is 0 Å². The second-order valence-corrected chi connectivity index (χ2v) is 11.0. The van der Waals surface area contributed by atoms with Gasteiger partial charge in [0.2, 0.25) is 15.9 Å². The summed E-state index contributed by atoms with van der Waals surface area (Å²) in [7, 11) is -3.54. The van der Waals surface area contributed by atoms with E-state index in [1.807, 2.05) is 19.1 Å². The van der Waals surface area contributed by atoms with Crippen LogP contribution in [0.1, 0.15) is 31.4 Å². The molecule has 0 bridgehead atoms. The van der Waals surface area contributed by atoms with Gasteiger partial charge in [-0.05, 0) is 56.1 Å². The van der Waals surface area contributed by atoms with E-state index in [-0.39, 0.29) is 18.0 Å². The van der Waals surface area contributed by atoms with E-state index in [1.165, 1.54) is 4.31 Å². The first-order chi connectivity index (χ1) is 16.4. The fourth-order valence-corrected chi connectivity index (χ4v) is 6.62. The third-order valence-corrected chi connectivity index (χ3v) is 8.94. The van der Waals surface area contributed by atoms with E-state index >= 15 is 0 Å². The first-order valence-corrected chi connectivity index (χ1v) is 13.4. The number of benzene rings is 2. The lowest BCUT2D eigenvalue weighted by Gasteiger charge is -2.38. The van der Waals surface area contributed by atoms with E-state index in [4.69, 9.17) is 9.47 Å². The van der Waals surface area contributed by atoms with Crippen LogP contribution in [0.3, 0.4) is 0 Å². The van der Waals surface area contributed by atoms with Gasteiger partial charge in [0, 0.05) is 32.2 Å². The Bertz CT molecular complexity index is 1130. The summed E-state index contributed by atoms with van der Waals surface area (Å²) in [6.07, 6.45) is 2.01. The number of rotatable bonds is 5. The van der Waals surface area contributed by atoms with Crippen molar-refractivity contribution in [2.24, 2.45) is 0 Å². The standard InChI is InChI=1S/C25H31N3O5S/c1-19(28-11-5-8-22(28)20-9-10-23-24(18-20)33-17-16-32-23)25(29)26-12-14-27(15-13-26)34(30,31)21-6-3-2-4-7-21/h2-4,6-7,9-10,18-19,22H,5,8,11-17H2,1H3/t19-,22+/m1/s1. The zero-order valence-corrected chi connectivity index (χ0v) is 20.2. The average Bonchev–Trinajstić information content (AvgIpc) is 3.38. The number of amides is 1. The average molecular weight is 486 g/mol. The van der Waals surface area contributed by atoms with E-state index in [0.29, 0.717) is 44.3 Å². The molecule has 3 heterocycles. The number of sulfonamides is 1. The quantitative estimate of drug-likeness (QED) is 0.648. The minimum Gasteiger partial charge on any atom is -0.486 e. The number of likely N-dealkylation sites (tertiary alicyclic amines) is 1. The lowest BCUT2D eigenvalue weighted by Crippen LogP contribution is -2.55. The molecule has 0 N–H and O–H groups in total. The molecule has 0 spiro atoms. The maximum absolute atomic E-state index is 13.4. The van der Waals surface area contributed by atoms with E-state index < -0.39 is 10.0 Å². The maximum atomic E-state index is 13.4. The first kappa shape index (κ1) is 23.1. The fraction of sp³-hybridized carbons (Fsp3) is 0.480. The van der Waals surface area contributed by atoms with Gasteiger partial charge in [0.05, 0.1) is 10.9 Å². The number of hydrogen-bond donors (Lipinski definition) is 0. The van der Waals surface area contributed by atoms with Crippen LogP contribution in [0.4, 0.5) is 0 Å². The maximum Gasteiger partial charge on any atom is 0.243 e. The highest BCUT2D eigenvalue weighted by Gasteiger charge is 2.37. The van der Waals surface area contributed by atoms with Gasteiger partial charge >= 0.3 is 0 Å². The monoisotopic (exact) mass is 485 g/mol. The molecule has 1 amide bonds. The molecule has 2 atom stereocenters. The van der Waals surface area contributed by atoms with Crippen molar-refractivity contribution in [3.8, 4) is 11.5 Å². The number of ether oxygens (including phenoxy) is 2. The number of hydrogen-bond acceptors (Lipinski definition) is 6.